The topological polar surface area (TPSA) is 135 Å². The molecule has 1 aromatic heterocycles. The number of halogens is 1. The second-order valence-corrected chi connectivity index (χ2v) is 13.7. The van der Waals surface area contributed by atoms with Gasteiger partial charge in [-0.15, -0.1) is 0 Å². The number of carbonyl (C=O) groups excluding carboxylic acids is 2. The average Bonchev–Trinajstić information content (AvgIpc) is 3.00. The third kappa shape index (κ3) is 6.41. The second-order valence-electron chi connectivity index (χ2n) is 11.9. The number of nitriles is 1. The van der Waals surface area contributed by atoms with E-state index >= 15 is 0 Å². The molecule has 1 saturated carbocycles. The summed E-state index contributed by atoms with van der Waals surface area (Å²) in [5.74, 6) is -1.71. The van der Waals surface area contributed by atoms with Gasteiger partial charge in [-0.3, -0.25) is 14.6 Å². The fourth-order valence-corrected chi connectivity index (χ4v) is 7.57. The number of anilines is 1. The maximum Gasteiger partial charge on any atom is 0.257 e. The summed E-state index contributed by atoms with van der Waals surface area (Å²) in [7, 11) is -1.22. The van der Waals surface area contributed by atoms with Gasteiger partial charge >= 0.3 is 0 Å². The van der Waals surface area contributed by atoms with Crippen molar-refractivity contribution in [3.05, 3.63) is 82.4 Å². The monoisotopic (exact) mass is 633 g/mol. The number of hydrogen-bond acceptors (Lipinski definition) is 7. The SMILES string of the molecule is Cc1c(F)cc(S(=O)(=O)N2CC[C@@H]2C(=O)N(Cc2ccc(C3CCCCC3)cn2)c2ccc(C(=O)N(C)C)c(O)c2)cc1C#N. The first-order valence-electron chi connectivity index (χ1n) is 14.9. The summed E-state index contributed by atoms with van der Waals surface area (Å²) in [5.41, 5.74) is 1.93. The summed E-state index contributed by atoms with van der Waals surface area (Å²) in [6.45, 7) is 1.40. The zero-order valence-corrected chi connectivity index (χ0v) is 26.3. The maximum absolute atomic E-state index is 14.5. The van der Waals surface area contributed by atoms with Gasteiger partial charge in [-0.25, -0.2) is 12.8 Å². The van der Waals surface area contributed by atoms with Crippen LogP contribution in [0.15, 0.2) is 53.6 Å². The number of aromatic hydroxyl groups is 1. The number of pyridine rings is 1. The number of rotatable bonds is 8. The highest BCUT2D eigenvalue weighted by Crippen LogP contribution is 2.35. The normalized spacial score (nSPS) is 17.3. The second kappa shape index (κ2) is 12.9. The molecule has 2 fully saturated rings. The standard InChI is InChI=1S/C33H36FN5O5S/c1-21-24(18-35)15-27(17-29(21)34)45(43,44)39-14-13-30(39)33(42)38(26-11-12-28(31(40)16-26)32(41)37(2)3)20-25-10-9-23(19-36-25)22-7-5-4-6-8-22/h9-12,15-17,19,22,30,40H,4-8,13-14,20H2,1-3H3/t30-/m1/s1. The highest BCUT2D eigenvalue weighted by molar-refractivity contribution is 7.89. The Hall–Kier alpha value is -4.34. The molecule has 236 valence electrons. The van der Waals surface area contributed by atoms with Crippen molar-refractivity contribution < 1.29 is 27.5 Å². The van der Waals surface area contributed by atoms with Crippen molar-refractivity contribution in [3.8, 4) is 11.8 Å². The highest BCUT2D eigenvalue weighted by Gasteiger charge is 2.45. The molecule has 2 aromatic carbocycles. The van der Waals surface area contributed by atoms with Gasteiger partial charge in [0.05, 0.1) is 34.3 Å². The van der Waals surface area contributed by atoms with E-state index in [2.05, 4.69) is 4.98 Å². The van der Waals surface area contributed by atoms with Crippen molar-refractivity contribution in [3.63, 3.8) is 0 Å². The predicted octanol–water partition coefficient (Wildman–Crippen LogP) is 4.85. The molecule has 1 saturated heterocycles. The molecule has 2 heterocycles. The van der Waals surface area contributed by atoms with Crippen LogP contribution < -0.4 is 4.90 Å². The predicted molar refractivity (Wildman–Crippen MR) is 166 cm³/mol. The van der Waals surface area contributed by atoms with Crippen LogP contribution in [0.4, 0.5) is 10.1 Å². The molecule has 0 radical (unpaired) electrons. The minimum absolute atomic E-state index is 0.0215. The van der Waals surface area contributed by atoms with Gasteiger partial charge in [0.1, 0.15) is 17.6 Å². The van der Waals surface area contributed by atoms with Crippen LogP contribution in [0.5, 0.6) is 5.75 Å². The lowest BCUT2D eigenvalue weighted by Gasteiger charge is -2.41. The van der Waals surface area contributed by atoms with E-state index in [0.29, 0.717) is 11.6 Å². The Kier molecular flexibility index (Phi) is 9.23. The molecule has 1 aliphatic carbocycles. The summed E-state index contributed by atoms with van der Waals surface area (Å²) in [6.07, 6.45) is 7.84. The summed E-state index contributed by atoms with van der Waals surface area (Å²) >= 11 is 0. The molecule has 0 bridgehead atoms. The highest BCUT2D eigenvalue weighted by atomic mass is 32.2. The molecule has 2 aliphatic rings. The Morgan fingerprint density at radius 1 is 1.09 bits per heavy atom. The average molecular weight is 634 g/mol. The van der Waals surface area contributed by atoms with E-state index in [1.807, 2.05) is 24.4 Å². The lowest BCUT2D eigenvalue weighted by atomic mass is 9.85. The van der Waals surface area contributed by atoms with Crippen molar-refractivity contribution in [2.75, 3.05) is 25.5 Å². The van der Waals surface area contributed by atoms with Gasteiger partial charge in [0, 0.05) is 44.2 Å². The van der Waals surface area contributed by atoms with Gasteiger partial charge < -0.3 is 14.9 Å². The van der Waals surface area contributed by atoms with E-state index < -0.39 is 38.6 Å². The molecule has 0 unspecified atom stereocenters. The fourth-order valence-electron chi connectivity index (χ4n) is 5.91. The molecular weight excluding hydrogens is 597 g/mol. The zero-order chi connectivity index (χ0) is 32.5. The van der Waals surface area contributed by atoms with E-state index in [-0.39, 0.29) is 47.6 Å². The van der Waals surface area contributed by atoms with Crippen LogP contribution >= 0.6 is 0 Å². The molecular formula is C33H36FN5O5S. The smallest absolute Gasteiger partial charge is 0.257 e. The summed E-state index contributed by atoms with van der Waals surface area (Å²) in [6, 6.07) is 10.8. The van der Waals surface area contributed by atoms with E-state index in [1.54, 1.807) is 14.1 Å². The maximum atomic E-state index is 14.5. The van der Waals surface area contributed by atoms with Crippen LogP contribution in [0.25, 0.3) is 0 Å². The minimum atomic E-state index is -4.33. The number of sulfonamides is 1. The quantitative estimate of drug-likeness (QED) is 0.375. The number of nitrogens with zero attached hydrogens (tertiary/aromatic N) is 5. The Morgan fingerprint density at radius 2 is 1.82 bits per heavy atom. The van der Waals surface area contributed by atoms with Gasteiger partial charge in [-0.2, -0.15) is 9.57 Å². The molecule has 1 N–H and O–H groups in total. The number of amides is 2. The van der Waals surface area contributed by atoms with Crippen LogP contribution in [0.2, 0.25) is 0 Å². The molecule has 5 rings (SSSR count). The van der Waals surface area contributed by atoms with Crippen LogP contribution in [-0.4, -0.2) is 66.2 Å². The molecule has 2 amide bonds. The third-order valence-electron chi connectivity index (χ3n) is 8.74. The minimum Gasteiger partial charge on any atom is -0.507 e. The van der Waals surface area contributed by atoms with Gasteiger partial charge in [0.15, 0.2) is 0 Å². The van der Waals surface area contributed by atoms with E-state index in [9.17, 15) is 32.8 Å². The van der Waals surface area contributed by atoms with Crippen LogP contribution in [-0.2, 0) is 21.4 Å². The Bertz CT molecular complexity index is 1770. The lowest BCUT2D eigenvalue weighted by molar-refractivity contribution is -0.125. The number of phenols is 1. The number of aromatic nitrogens is 1. The summed E-state index contributed by atoms with van der Waals surface area (Å²) in [4.78, 5) is 33.5. The first-order chi connectivity index (χ1) is 21.4. The molecule has 1 aliphatic heterocycles. The third-order valence-corrected chi connectivity index (χ3v) is 10.6. The molecule has 12 heteroatoms. The van der Waals surface area contributed by atoms with E-state index in [4.69, 9.17) is 0 Å². The number of carbonyl (C=O) groups is 2. The van der Waals surface area contributed by atoms with Crippen LogP contribution in [0, 0.1) is 24.1 Å². The number of phenolic OH excluding ortho intramolecular Hbond substituents is 1. The summed E-state index contributed by atoms with van der Waals surface area (Å²) in [5, 5.41) is 20.1. The van der Waals surface area contributed by atoms with Crippen molar-refractivity contribution in [2.45, 2.75) is 68.8 Å². The van der Waals surface area contributed by atoms with Crippen LogP contribution in [0.3, 0.4) is 0 Å². The number of hydrogen-bond donors (Lipinski definition) is 1. The first-order valence-corrected chi connectivity index (χ1v) is 16.4. The van der Waals surface area contributed by atoms with E-state index in [0.717, 1.165) is 34.8 Å². The van der Waals surface area contributed by atoms with Gasteiger partial charge in [0.25, 0.3) is 5.91 Å². The van der Waals surface area contributed by atoms with Crippen molar-refractivity contribution in [2.24, 2.45) is 0 Å². The fraction of sp³-hybridized carbons (Fsp3) is 0.394. The van der Waals surface area contributed by atoms with Crippen molar-refractivity contribution in [1.29, 1.82) is 5.26 Å². The lowest BCUT2D eigenvalue weighted by Crippen LogP contribution is -2.59. The van der Waals surface area contributed by atoms with Crippen LogP contribution in [0.1, 0.15) is 77.2 Å². The zero-order valence-electron chi connectivity index (χ0n) is 25.5. The summed E-state index contributed by atoms with van der Waals surface area (Å²) < 4.78 is 42.7. The molecule has 1 atom stereocenters. The van der Waals surface area contributed by atoms with Gasteiger partial charge in [0.2, 0.25) is 15.9 Å². The van der Waals surface area contributed by atoms with Gasteiger partial charge in [-0.1, -0.05) is 25.3 Å². The first kappa shape index (κ1) is 32.1. The molecule has 0 spiro atoms. The Morgan fingerprint density at radius 3 is 2.40 bits per heavy atom. The molecule has 3 aromatic rings. The van der Waals surface area contributed by atoms with Crippen molar-refractivity contribution in [1.82, 2.24) is 14.2 Å². The van der Waals surface area contributed by atoms with E-state index in [1.165, 1.54) is 54.2 Å². The van der Waals surface area contributed by atoms with Gasteiger partial charge in [-0.05, 0) is 68.0 Å². The Labute approximate surface area is 262 Å². The van der Waals surface area contributed by atoms with Crippen molar-refractivity contribution >= 4 is 27.5 Å². The number of benzene rings is 2. The largest absolute Gasteiger partial charge is 0.507 e. The molecule has 45 heavy (non-hydrogen) atoms. The Balaban J connectivity index is 1.47. The molecule has 10 nitrogen and oxygen atoms in total.